The van der Waals surface area contributed by atoms with Crippen molar-refractivity contribution < 1.29 is 9.76 Å². The molecular formula is C20H20BN5O2. The molecule has 0 bridgehead atoms. The summed E-state index contributed by atoms with van der Waals surface area (Å²) in [6.45, 7) is 2.95. The van der Waals surface area contributed by atoms with E-state index in [9.17, 15) is 5.02 Å². The Morgan fingerprint density at radius 1 is 1.14 bits per heavy atom. The van der Waals surface area contributed by atoms with Crippen LogP contribution in [0.4, 0.5) is 5.82 Å². The van der Waals surface area contributed by atoms with Gasteiger partial charge in [-0.05, 0) is 36.1 Å². The summed E-state index contributed by atoms with van der Waals surface area (Å²) in [4.78, 5) is 0. The first kappa shape index (κ1) is 18.0. The predicted molar refractivity (Wildman–Crippen MR) is 111 cm³/mol. The van der Waals surface area contributed by atoms with Gasteiger partial charge in [-0.2, -0.15) is 10.2 Å². The SMILES string of the molecule is COc1cc(-n2cccn2)c(-c2ccc3c(N)nnc(C)c3c2)cc1B(C)O. The Morgan fingerprint density at radius 2 is 1.96 bits per heavy atom. The van der Waals surface area contributed by atoms with Gasteiger partial charge in [-0.1, -0.05) is 19.0 Å². The minimum absolute atomic E-state index is 0.402. The van der Waals surface area contributed by atoms with E-state index in [1.165, 1.54) is 0 Å². The summed E-state index contributed by atoms with van der Waals surface area (Å²) < 4.78 is 7.28. The first-order valence-electron chi connectivity index (χ1n) is 8.92. The number of hydrogen-bond donors (Lipinski definition) is 2. The number of nitrogen functional groups attached to an aromatic ring is 1. The molecule has 0 aliphatic heterocycles. The molecule has 0 saturated heterocycles. The van der Waals surface area contributed by atoms with E-state index in [2.05, 4.69) is 15.3 Å². The average molecular weight is 373 g/mol. The largest absolute Gasteiger partial charge is 0.497 e. The van der Waals surface area contributed by atoms with Gasteiger partial charge in [0, 0.05) is 34.8 Å². The van der Waals surface area contributed by atoms with E-state index in [-0.39, 0.29) is 0 Å². The van der Waals surface area contributed by atoms with Crippen LogP contribution in [-0.2, 0) is 0 Å². The molecule has 0 unspecified atom stereocenters. The Balaban J connectivity index is 2.02. The molecule has 0 spiro atoms. The highest BCUT2D eigenvalue weighted by molar-refractivity contribution is 6.66. The Labute approximate surface area is 162 Å². The number of fused-ring (bicyclic) bond motifs is 1. The van der Waals surface area contributed by atoms with Crippen molar-refractivity contribution in [2.75, 3.05) is 12.8 Å². The number of rotatable bonds is 4. The monoisotopic (exact) mass is 373 g/mol. The molecule has 8 heteroatoms. The number of ether oxygens (including phenoxy) is 1. The smallest absolute Gasteiger partial charge is 0.324 e. The van der Waals surface area contributed by atoms with Gasteiger partial charge in [0.1, 0.15) is 5.75 Å². The first-order valence-corrected chi connectivity index (χ1v) is 8.92. The lowest BCUT2D eigenvalue weighted by atomic mass is 9.63. The molecule has 140 valence electrons. The summed E-state index contributed by atoms with van der Waals surface area (Å²) in [6.07, 6.45) is 3.59. The molecule has 0 atom stereocenters. The van der Waals surface area contributed by atoms with E-state index >= 15 is 0 Å². The van der Waals surface area contributed by atoms with Crippen molar-refractivity contribution in [2.24, 2.45) is 0 Å². The van der Waals surface area contributed by atoms with Gasteiger partial charge in [0.15, 0.2) is 5.82 Å². The van der Waals surface area contributed by atoms with Crippen LogP contribution in [0.3, 0.4) is 0 Å². The lowest BCUT2D eigenvalue weighted by Gasteiger charge is -2.17. The maximum atomic E-state index is 10.2. The molecule has 3 N–H and O–H groups in total. The molecule has 0 radical (unpaired) electrons. The van der Waals surface area contributed by atoms with Crippen LogP contribution in [0.5, 0.6) is 5.75 Å². The van der Waals surface area contributed by atoms with Crippen molar-refractivity contribution in [3.05, 3.63) is 54.5 Å². The third kappa shape index (κ3) is 2.97. The summed E-state index contributed by atoms with van der Waals surface area (Å²) in [6, 6.07) is 11.7. The maximum Gasteiger partial charge on any atom is 0.324 e. The Bertz CT molecular complexity index is 1160. The fraction of sp³-hybridized carbons (Fsp3) is 0.150. The highest BCUT2D eigenvalue weighted by Crippen LogP contribution is 2.32. The number of hydrogen-bond acceptors (Lipinski definition) is 6. The van der Waals surface area contributed by atoms with Gasteiger partial charge >= 0.3 is 6.92 Å². The van der Waals surface area contributed by atoms with E-state index in [1.54, 1.807) is 24.8 Å². The van der Waals surface area contributed by atoms with Crippen molar-refractivity contribution in [3.63, 3.8) is 0 Å². The lowest BCUT2D eigenvalue weighted by Crippen LogP contribution is -2.28. The molecule has 4 rings (SSSR count). The molecule has 4 aromatic rings. The summed E-state index contributed by atoms with van der Waals surface area (Å²) in [7, 11) is 1.59. The highest BCUT2D eigenvalue weighted by Gasteiger charge is 2.19. The van der Waals surface area contributed by atoms with Gasteiger partial charge in [0.05, 0.1) is 18.5 Å². The molecule has 28 heavy (non-hydrogen) atoms. The van der Waals surface area contributed by atoms with Crippen molar-refractivity contribution >= 4 is 29.0 Å². The zero-order valence-corrected chi connectivity index (χ0v) is 15.9. The second-order valence-electron chi connectivity index (χ2n) is 6.67. The number of benzene rings is 2. The van der Waals surface area contributed by atoms with Crippen LogP contribution in [0, 0.1) is 6.92 Å². The minimum atomic E-state index is -0.677. The molecule has 0 aliphatic carbocycles. The molecule has 0 amide bonds. The standard InChI is InChI=1S/C20H20BN5O2/c1-12-15-9-13(5-6-14(15)20(22)25-24-12)16-10-17(21(2)27)19(28-3)11-18(16)26-8-4-7-23-26/h4-11,27H,1-3H3,(H2,22,25). The van der Waals surface area contributed by atoms with Gasteiger partial charge in [-0.3, -0.25) is 0 Å². The zero-order valence-electron chi connectivity index (χ0n) is 15.9. The summed E-state index contributed by atoms with van der Waals surface area (Å²) in [5.41, 5.74) is 10.2. The Hall–Kier alpha value is -3.39. The predicted octanol–water partition coefficient (Wildman–Crippen LogP) is 2.20. The second-order valence-corrected chi connectivity index (χ2v) is 6.67. The fourth-order valence-electron chi connectivity index (χ4n) is 3.39. The van der Waals surface area contributed by atoms with Gasteiger partial charge in [-0.25, -0.2) is 4.68 Å². The quantitative estimate of drug-likeness (QED) is 0.532. The number of nitrogens with zero attached hydrogens (tertiary/aromatic N) is 4. The lowest BCUT2D eigenvalue weighted by molar-refractivity contribution is 0.416. The second kappa shape index (κ2) is 6.97. The average Bonchev–Trinajstić information content (AvgIpc) is 3.24. The minimum Gasteiger partial charge on any atom is -0.497 e. The van der Waals surface area contributed by atoms with Crippen LogP contribution in [-0.4, -0.2) is 39.0 Å². The Kier molecular flexibility index (Phi) is 4.48. The number of methoxy groups -OCH3 is 1. The van der Waals surface area contributed by atoms with E-state index in [0.717, 1.165) is 33.3 Å². The molecule has 0 fully saturated rings. The van der Waals surface area contributed by atoms with Crippen LogP contribution >= 0.6 is 0 Å². The number of nitrogens with two attached hydrogens (primary N) is 1. The van der Waals surface area contributed by atoms with Gasteiger partial charge < -0.3 is 15.5 Å². The van der Waals surface area contributed by atoms with Crippen LogP contribution in [0.2, 0.25) is 6.82 Å². The van der Waals surface area contributed by atoms with Crippen LogP contribution in [0.25, 0.3) is 27.6 Å². The fourth-order valence-corrected chi connectivity index (χ4v) is 3.39. The van der Waals surface area contributed by atoms with Crippen molar-refractivity contribution in [2.45, 2.75) is 13.7 Å². The Morgan fingerprint density at radius 3 is 2.64 bits per heavy atom. The molecule has 0 saturated carbocycles. The van der Waals surface area contributed by atoms with Crippen LogP contribution in [0.15, 0.2) is 48.8 Å². The van der Waals surface area contributed by atoms with E-state index in [0.29, 0.717) is 17.0 Å². The van der Waals surface area contributed by atoms with Gasteiger partial charge in [-0.15, -0.1) is 5.10 Å². The van der Waals surface area contributed by atoms with Crippen LogP contribution in [0.1, 0.15) is 5.69 Å². The van der Waals surface area contributed by atoms with E-state index < -0.39 is 6.92 Å². The number of aryl methyl sites for hydroxylation is 1. The molecule has 2 aromatic heterocycles. The van der Waals surface area contributed by atoms with E-state index in [1.807, 2.05) is 49.5 Å². The molecule has 0 aliphatic rings. The summed E-state index contributed by atoms with van der Waals surface area (Å²) >= 11 is 0. The third-order valence-electron chi connectivity index (χ3n) is 4.85. The topological polar surface area (TPSA) is 99.1 Å². The summed E-state index contributed by atoms with van der Waals surface area (Å²) in [5.74, 6) is 1.01. The summed E-state index contributed by atoms with van der Waals surface area (Å²) in [5, 5.41) is 24.5. The number of aromatic nitrogens is 4. The van der Waals surface area contributed by atoms with Crippen molar-refractivity contribution in [1.29, 1.82) is 0 Å². The van der Waals surface area contributed by atoms with Crippen molar-refractivity contribution in [3.8, 4) is 22.6 Å². The molecule has 7 nitrogen and oxygen atoms in total. The normalized spacial score (nSPS) is 11.0. The van der Waals surface area contributed by atoms with E-state index in [4.69, 9.17) is 10.5 Å². The zero-order chi connectivity index (χ0) is 19.8. The van der Waals surface area contributed by atoms with Gasteiger partial charge in [0.25, 0.3) is 0 Å². The van der Waals surface area contributed by atoms with Crippen molar-refractivity contribution in [1.82, 2.24) is 20.0 Å². The van der Waals surface area contributed by atoms with Crippen LogP contribution < -0.4 is 15.9 Å². The third-order valence-corrected chi connectivity index (χ3v) is 4.85. The first-order chi connectivity index (χ1) is 13.5. The maximum absolute atomic E-state index is 10.2. The van der Waals surface area contributed by atoms with Gasteiger partial charge in [0.2, 0.25) is 0 Å². The molecule has 2 aromatic carbocycles. The highest BCUT2D eigenvalue weighted by atomic mass is 16.5. The number of anilines is 1. The molecule has 2 heterocycles. The molecular weight excluding hydrogens is 353 g/mol.